The number of aromatic nitrogens is 2. The fraction of sp³-hybridized carbons (Fsp3) is 0. The second-order valence-electron chi connectivity index (χ2n) is 2.33. The molecule has 0 atom stereocenters. The molecule has 0 amide bonds. The minimum absolute atomic E-state index is 0.626. The average Bonchev–Trinajstić information content (AvgIpc) is 2.07. The minimum atomic E-state index is 0.626. The quantitative estimate of drug-likeness (QED) is 0.711. The largest absolute Gasteiger partial charge is 0.157 e. The Kier molecular flexibility index (Phi) is 1.98. The number of nitrogens with zero attached hydrogens (tertiary/aromatic N) is 2. The Balaban J connectivity index is 2.94. The van der Waals surface area contributed by atoms with Crippen LogP contribution in [0.2, 0.25) is 5.02 Å². The van der Waals surface area contributed by atoms with E-state index in [1.807, 2.05) is 12.1 Å². The summed E-state index contributed by atoms with van der Waals surface area (Å²) < 4.78 is 0.912. The van der Waals surface area contributed by atoms with E-state index in [2.05, 4.69) is 26.1 Å². The Morgan fingerprint density at radius 1 is 1.33 bits per heavy atom. The monoisotopic (exact) mass is 242 g/mol. The fourth-order valence-corrected chi connectivity index (χ4v) is 1.64. The van der Waals surface area contributed by atoms with E-state index in [1.54, 1.807) is 12.3 Å². The summed E-state index contributed by atoms with van der Waals surface area (Å²) in [5.41, 5.74) is 0.730. The van der Waals surface area contributed by atoms with Crippen LogP contribution in [-0.4, -0.2) is 10.2 Å². The Hall–Kier alpha value is -0.670. The number of hydrogen-bond donors (Lipinski definition) is 0. The van der Waals surface area contributed by atoms with Gasteiger partial charge in [0.05, 0.1) is 11.2 Å². The predicted octanol–water partition coefficient (Wildman–Crippen LogP) is 3.05. The summed E-state index contributed by atoms with van der Waals surface area (Å²) in [6, 6.07) is 5.63. The van der Waals surface area contributed by atoms with Crippen molar-refractivity contribution in [3.63, 3.8) is 0 Å². The minimum Gasteiger partial charge on any atom is -0.157 e. The fourth-order valence-electron chi connectivity index (χ4n) is 1.02. The van der Waals surface area contributed by atoms with Crippen LogP contribution < -0.4 is 0 Å². The average molecular weight is 243 g/mol. The third-order valence-corrected chi connectivity index (χ3v) is 2.51. The third-order valence-electron chi connectivity index (χ3n) is 1.57. The van der Waals surface area contributed by atoms with Crippen molar-refractivity contribution >= 4 is 38.4 Å². The van der Waals surface area contributed by atoms with Crippen LogP contribution in [-0.2, 0) is 0 Å². The molecule has 0 fully saturated rings. The normalized spacial score (nSPS) is 10.5. The Bertz CT molecular complexity index is 389. The molecule has 0 saturated heterocycles. The molecule has 0 aliphatic heterocycles. The first-order chi connectivity index (χ1) is 5.79. The summed E-state index contributed by atoms with van der Waals surface area (Å²) in [6.45, 7) is 0. The molecule has 2 aromatic rings. The molecule has 12 heavy (non-hydrogen) atoms. The standard InChI is InChI=1S/C8H4BrClN2/c9-6-4-11-12-8-5(6)2-1-3-7(8)10/h1-4H. The highest BCUT2D eigenvalue weighted by Crippen LogP contribution is 2.25. The van der Waals surface area contributed by atoms with Gasteiger partial charge < -0.3 is 0 Å². The molecular formula is C8H4BrClN2. The molecule has 1 heterocycles. The van der Waals surface area contributed by atoms with Crippen molar-refractivity contribution in [2.24, 2.45) is 0 Å². The van der Waals surface area contributed by atoms with Gasteiger partial charge in [-0.3, -0.25) is 0 Å². The van der Waals surface area contributed by atoms with Gasteiger partial charge in [-0.05, 0) is 22.0 Å². The molecule has 2 rings (SSSR count). The van der Waals surface area contributed by atoms with Crippen LogP contribution in [0.1, 0.15) is 0 Å². The molecule has 0 radical (unpaired) electrons. The van der Waals surface area contributed by atoms with E-state index < -0.39 is 0 Å². The molecular weight excluding hydrogens is 239 g/mol. The van der Waals surface area contributed by atoms with Crippen LogP contribution in [0.15, 0.2) is 28.9 Å². The van der Waals surface area contributed by atoms with Gasteiger partial charge in [0.15, 0.2) is 0 Å². The second kappa shape index (κ2) is 2.99. The molecule has 1 aromatic heterocycles. The van der Waals surface area contributed by atoms with E-state index in [-0.39, 0.29) is 0 Å². The van der Waals surface area contributed by atoms with Gasteiger partial charge in [-0.15, -0.1) is 5.10 Å². The van der Waals surface area contributed by atoms with E-state index in [0.717, 1.165) is 15.4 Å². The first kappa shape index (κ1) is 7.95. The highest BCUT2D eigenvalue weighted by Gasteiger charge is 2.02. The van der Waals surface area contributed by atoms with Gasteiger partial charge in [0.2, 0.25) is 0 Å². The van der Waals surface area contributed by atoms with Crippen molar-refractivity contribution in [3.05, 3.63) is 33.9 Å². The van der Waals surface area contributed by atoms with Crippen molar-refractivity contribution in [3.8, 4) is 0 Å². The van der Waals surface area contributed by atoms with E-state index in [1.165, 1.54) is 0 Å². The van der Waals surface area contributed by atoms with Gasteiger partial charge in [-0.25, -0.2) is 0 Å². The predicted molar refractivity (Wildman–Crippen MR) is 52.2 cm³/mol. The van der Waals surface area contributed by atoms with Crippen LogP contribution in [0.3, 0.4) is 0 Å². The van der Waals surface area contributed by atoms with Crippen LogP contribution in [0.5, 0.6) is 0 Å². The summed E-state index contributed by atoms with van der Waals surface area (Å²) >= 11 is 9.28. The van der Waals surface area contributed by atoms with Crippen LogP contribution in [0, 0.1) is 0 Å². The van der Waals surface area contributed by atoms with Crippen LogP contribution in [0.25, 0.3) is 10.9 Å². The maximum Gasteiger partial charge on any atom is 0.113 e. The maximum atomic E-state index is 5.91. The van der Waals surface area contributed by atoms with E-state index in [9.17, 15) is 0 Å². The van der Waals surface area contributed by atoms with Gasteiger partial charge in [0.1, 0.15) is 5.52 Å². The van der Waals surface area contributed by atoms with Gasteiger partial charge in [-0.2, -0.15) is 5.10 Å². The zero-order chi connectivity index (χ0) is 8.55. The lowest BCUT2D eigenvalue weighted by atomic mass is 10.2. The van der Waals surface area contributed by atoms with E-state index >= 15 is 0 Å². The van der Waals surface area contributed by atoms with E-state index in [0.29, 0.717) is 5.02 Å². The molecule has 0 saturated carbocycles. The molecule has 0 N–H and O–H groups in total. The van der Waals surface area contributed by atoms with Gasteiger partial charge in [0, 0.05) is 9.86 Å². The topological polar surface area (TPSA) is 25.8 Å². The highest BCUT2D eigenvalue weighted by molar-refractivity contribution is 9.10. The third kappa shape index (κ3) is 1.19. The van der Waals surface area contributed by atoms with Crippen molar-refractivity contribution in [2.75, 3.05) is 0 Å². The first-order valence-corrected chi connectivity index (χ1v) is 4.51. The van der Waals surface area contributed by atoms with E-state index in [4.69, 9.17) is 11.6 Å². The summed E-state index contributed by atoms with van der Waals surface area (Å²) in [5.74, 6) is 0. The van der Waals surface area contributed by atoms with Crippen LogP contribution in [0.4, 0.5) is 0 Å². The van der Waals surface area contributed by atoms with Gasteiger partial charge in [-0.1, -0.05) is 23.7 Å². The summed E-state index contributed by atoms with van der Waals surface area (Å²) in [5, 5.41) is 9.33. The molecule has 0 aliphatic carbocycles. The molecule has 0 unspecified atom stereocenters. The Labute approximate surface area is 82.7 Å². The van der Waals surface area contributed by atoms with Crippen molar-refractivity contribution in [1.82, 2.24) is 10.2 Å². The molecule has 1 aromatic carbocycles. The Morgan fingerprint density at radius 3 is 2.92 bits per heavy atom. The molecule has 60 valence electrons. The maximum absolute atomic E-state index is 5.91. The lowest BCUT2D eigenvalue weighted by Crippen LogP contribution is -1.84. The molecule has 0 bridgehead atoms. The number of fused-ring (bicyclic) bond motifs is 1. The summed E-state index contributed by atoms with van der Waals surface area (Å²) in [4.78, 5) is 0. The smallest absolute Gasteiger partial charge is 0.113 e. The van der Waals surface area contributed by atoms with Crippen molar-refractivity contribution < 1.29 is 0 Å². The summed E-state index contributed by atoms with van der Waals surface area (Å²) in [7, 11) is 0. The zero-order valence-electron chi connectivity index (χ0n) is 5.96. The number of benzene rings is 1. The summed E-state index contributed by atoms with van der Waals surface area (Å²) in [6.07, 6.45) is 1.65. The molecule has 2 nitrogen and oxygen atoms in total. The number of rotatable bonds is 0. The van der Waals surface area contributed by atoms with Gasteiger partial charge in [0.25, 0.3) is 0 Å². The molecule has 0 aliphatic rings. The van der Waals surface area contributed by atoms with Crippen LogP contribution >= 0.6 is 27.5 Å². The second-order valence-corrected chi connectivity index (χ2v) is 3.59. The highest BCUT2D eigenvalue weighted by atomic mass is 79.9. The Morgan fingerprint density at radius 2 is 2.17 bits per heavy atom. The SMILES string of the molecule is Clc1cccc2c(Br)cnnc12. The van der Waals surface area contributed by atoms with Crippen molar-refractivity contribution in [1.29, 1.82) is 0 Å². The van der Waals surface area contributed by atoms with Gasteiger partial charge >= 0.3 is 0 Å². The first-order valence-electron chi connectivity index (χ1n) is 3.34. The number of hydrogen-bond acceptors (Lipinski definition) is 2. The lowest BCUT2D eigenvalue weighted by molar-refractivity contribution is 1.07. The molecule has 0 spiro atoms. The zero-order valence-corrected chi connectivity index (χ0v) is 8.30. The van der Waals surface area contributed by atoms with Crippen molar-refractivity contribution in [2.45, 2.75) is 0 Å². The lowest BCUT2D eigenvalue weighted by Gasteiger charge is -1.98. The molecule has 4 heteroatoms. The number of halogens is 2.